The Bertz CT molecular complexity index is 164. The second kappa shape index (κ2) is 12.0. The minimum atomic E-state index is 0.858. The lowest BCUT2D eigenvalue weighted by Crippen LogP contribution is -2.34. The fourth-order valence-electron chi connectivity index (χ4n) is 2.27. The summed E-state index contributed by atoms with van der Waals surface area (Å²) in [5.41, 5.74) is 0. The lowest BCUT2D eigenvalue weighted by atomic mass is 10.0. The van der Waals surface area contributed by atoms with Gasteiger partial charge in [-0.05, 0) is 58.4 Å². The van der Waals surface area contributed by atoms with Gasteiger partial charge in [-0.2, -0.15) is 0 Å². The van der Waals surface area contributed by atoms with Gasteiger partial charge in [-0.1, -0.05) is 40.5 Å². The van der Waals surface area contributed by atoms with Crippen molar-refractivity contribution in [1.29, 1.82) is 0 Å². The van der Waals surface area contributed by atoms with Crippen LogP contribution in [0.1, 0.15) is 59.8 Å². The van der Waals surface area contributed by atoms with Crippen LogP contribution in [-0.4, -0.2) is 49.6 Å². The van der Waals surface area contributed by atoms with E-state index in [1.165, 1.54) is 64.8 Å². The normalized spacial score (nSPS) is 18.3. The Balaban J connectivity index is 0.000000873. The Morgan fingerprint density at radius 3 is 2.11 bits per heavy atom. The Morgan fingerprint density at radius 1 is 1.06 bits per heavy atom. The minimum absolute atomic E-state index is 0.858. The zero-order valence-corrected chi connectivity index (χ0v) is 13.5. The van der Waals surface area contributed by atoms with Crippen LogP contribution in [0.5, 0.6) is 0 Å². The van der Waals surface area contributed by atoms with Crippen molar-refractivity contribution in [3.05, 3.63) is 0 Å². The van der Waals surface area contributed by atoms with Crippen molar-refractivity contribution in [2.75, 3.05) is 39.8 Å². The SMILES string of the molecule is CCC.CCN(C)CCC(C)CN1CCCCC1. The van der Waals surface area contributed by atoms with Crippen LogP contribution in [0.15, 0.2) is 0 Å². The molecule has 18 heavy (non-hydrogen) atoms. The molecule has 0 amide bonds. The average molecular weight is 256 g/mol. The van der Waals surface area contributed by atoms with Crippen LogP contribution in [0.2, 0.25) is 0 Å². The summed E-state index contributed by atoms with van der Waals surface area (Å²) in [5, 5.41) is 0. The van der Waals surface area contributed by atoms with Gasteiger partial charge < -0.3 is 9.80 Å². The largest absolute Gasteiger partial charge is 0.307 e. The van der Waals surface area contributed by atoms with Crippen LogP contribution < -0.4 is 0 Å². The summed E-state index contributed by atoms with van der Waals surface area (Å²) >= 11 is 0. The molecule has 2 heteroatoms. The van der Waals surface area contributed by atoms with Gasteiger partial charge in [0.2, 0.25) is 0 Å². The maximum absolute atomic E-state index is 2.65. The molecule has 0 saturated carbocycles. The van der Waals surface area contributed by atoms with Crippen LogP contribution in [0, 0.1) is 5.92 Å². The Morgan fingerprint density at radius 2 is 1.61 bits per heavy atom. The zero-order chi connectivity index (χ0) is 13.8. The molecule has 1 rings (SSSR count). The van der Waals surface area contributed by atoms with Crippen LogP contribution in [0.3, 0.4) is 0 Å². The number of hydrogen-bond acceptors (Lipinski definition) is 2. The highest BCUT2D eigenvalue weighted by Gasteiger charge is 2.13. The molecule has 1 unspecified atom stereocenters. The second-order valence-corrected chi connectivity index (χ2v) is 5.86. The molecule has 1 heterocycles. The van der Waals surface area contributed by atoms with Gasteiger partial charge in [0, 0.05) is 6.54 Å². The van der Waals surface area contributed by atoms with E-state index in [4.69, 9.17) is 0 Å². The predicted molar refractivity (Wildman–Crippen MR) is 83.2 cm³/mol. The van der Waals surface area contributed by atoms with E-state index in [-0.39, 0.29) is 0 Å². The summed E-state index contributed by atoms with van der Waals surface area (Å²) in [6, 6.07) is 0. The quantitative estimate of drug-likeness (QED) is 0.712. The van der Waals surface area contributed by atoms with E-state index >= 15 is 0 Å². The molecule has 1 saturated heterocycles. The Labute approximate surface area is 116 Å². The van der Waals surface area contributed by atoms with E-state index in [2.05, 4.69) is 44.5 Å². The number of nitrogens with zero attached hydrogens (tertiary/aromatic N) is 2. The third-order valence-corrected chi connectivity index (χ3v) is 3.56. The lowest BCUT2D eigenvalue weighted by molar-refractivity contribution is 0.189. The highest BCUT2D eigenvalue weighted by atomic mass is 15.1. The summed E-state index contributed by atoms with van der Waals surface area (Å²) in [7, 11) is 2.22. The predicted octanol–water partition coefficient (Wildman–Crippen LogP) is 3.87. The number of piperidine rings is 1. The Kier molecular flexibility index (Phi) is 11.9. The number of rotatable bonds is 6. The second-order valence-electron chi connectivity index (χ2n) is 5.86. The molecule has 1 aliphatic rings. The molecule has 2 nitrogen and oxygen atoms in total. The van der Waals surface area contributed by atoms with Gasteiger partial charge in [-0.25, -0.2) is 0 Å². The van der Waals surface area contributed by atoms with Crippen molar-refractivity contribution in [3.8, 4) is 0 Å². The lowest BCUT2D eigenvalue weighted by Gasteiger charge is -2.29. The molecule has 0 bridgehead atoms. The smallest absolute Gasteiger partial charge is 0.000749 e. The van der Waals surface area contributed by atoms with Gasteiger partial charge in [-0.3, -0.25) is 0 Å². The maximum Gasteiger partial charge on any atom is 0.000749 e. The standard InChI is InChI=1S/C13H28N2.C3H8/c1-4-14(3)11-8-13(2)12-15-9-6-5-7-10-15;1-3-2/h13H,4-12H2,1-3H3;3H2,1-2H3. The molecule has 0 aromatic carbocycles. The van der Waals surface area contributed by atoms with Gasteiger partial charge in [0.25, 0.3) is 0 Å². The van der Waals surface area contributed by atoms with E-state index in [1.807, 2.05) is 0 Å². The van der Waals surface area contributed by atoms with E-state index in [0.717, 1.165) is 5.92 Å². The number of hydrogen-bond donors (Lipinski definition) is 0. The first-order valence-corrected chi connectivity index (χ1v) is 8.04. The molecule has 0 N–H and O–H groups in total. The highest BCUT2D eigenvalue weighted by Crippen LogP contribution is 2.12. The summed E-state index contributed by atoms with van der Waals surface area (Å²) < 4.78 is 0. The van der Waals surface area contributed by atoms with Crippen LogP contribution in [-0.2, 0) is 0 Å². The number of likely N-dealkylation sites (tertiary alicyclic amines) is 1. The molecule has 1 aliphatic heterocycles. The van der Waals surface area contributed by atoms with E-state index in [9.17, 15) is 0 Å². The average Bonchev–Trinajstić information content (AvgIpc) is 2.38. The molecule has 1 atom stereocenters. The van der Waals surface area contributed by atoms with Crippen LogP contribution >= 0.6 is 0 Å². The third-order valence-electron chi connectivity index (χ3n) is 3.56. The van der Waals surface area contributed by atoms with Gasteiger partial charge in [-0.15, -0.1) is 0 Å². The molecular formula is C16H36N2. The van der Waals surface area contributed by atoms with Crippen molar-refractivity contribution >= 4 is 0 Å². The molecule has 0 radical (unpaired) electrons. The molecule has 1 fully saturated rings. The van der Waals surface area contributed by atoms with Crippen molar-refractivity contribution in [3.63, 3.8) is 0 Å². The van der Waals surface area contributed by atoms with Crippen molar-refractivity contribution < 1.29 is 0 Å². The zero-order valence-electron chi connectivity index (χ0n) is 13.5. The van der Waals surface area contributed by atoms with Gasteiger partial charge >= 0.3 is 0 Å². The first-order valence-electron chi connectivity index (χ1n) is 8.04. The van der Waals surface area contributed by atoms with E-state index in [1.54, 1.807) is 0 Å². The van der Waals surface area contributed by atoms with Gasteiger partial charge in [0.05, 0.1) is 0 Å². The summed E-state index contributed by atoms with van der Waals surface area (Å²) in [6.45, 7) is 15.3. The molecule has 0 aromatic rings. The third kappa shape index (κ3) is 9.90. The highest BCUT2D eigenvalue weighted by molar-refractivity contribution is 4.68. The Hall–Kier alpha value is -0.0800. The first kappa shape index (κ1) is 17.9. The monoisotopic (exact) mass is 256 g/mol. The van der Waals surface area contributed by atoms with E-state index in [0.29, 0.717) is 0 Å². The van der Waals surface area contributed by atoms with Crippen molar-refractivity contribution in [2.24, 2.45) is 5.92 Å². The fraction of sp³-hybridized carbons (Fsp3) is 1.00. The van der Waals surface area contributed by atoms with Gasteiger partial charge in [0.1, 0.15) is 0 Å². The summed E-state index contributed by atoms with van der Waals surface area (Å²) in [5.74, 6) is 0.858. The molecule has 110 valence electrons. The van der Waals surface area contributed by atoms with Crippen LogP contribution in [0.25, 0.3) is 0 Å². The molecular weight excluding hydrogens is 220 g/mol. The minimum Gasteiger partial charge on any atom is -0.307 e. The first-order chi connectivity index (χ1) is 8.63. The molecule has 0 spiro atoms. The van der Waals surface area contributed by atoms with E-state index < -0.39 is 0 Å². The molecule has 0 aromatic heterocycles. The summed E-state index contributed by atoms with van der Waals surface area (Å²) in [4.78, 5) is 5.06. The van der Waals surface area contributed by atoms with Crippen molar-refractivity contribution in [2.45, 2.75) is 59.8 Å². The maximum atomic E-state index is 2.65. The van der Waals surface area contributed by atoms with Gasteiger partial charge in [0.15, 0.2) is 0 Å². The fourth-order valence-corrected chi connectivity index (χ4v) is 2.27. The topological polar surface area (TPSA) is 6.48 Å². The van der Waals surface area contributed by atoms with Crippen LogP contribution in [0.4, 0.5) is 0 Å². The molecule has 0 aliphatic carbocycles. The van der Waals surface area contributed by atoms with Crippen molar-refractivity contribution in [1.82, 2.24) is 9.80 Å². The summed E-state index contributed by atoms with van der Waals surface area (Å²) in [6.07, 6.45) is 6.88.